The molecule has 2 aliphatic rings. The van der Waals surface area contributed by atoms with Gasteiger partial charge in [-0.2, -0.15) is 0 Å². The van der Waals surface area contributed by atoms with E-state index < -0.39 is 0 Å². The normalized spacial score (nSPS) is 23.9. The smallest absolute Gasteiger partial charge is 0.135 e. The second-order valence-electron chi connectivity index (χ2n) is 6.57. The summed E-state index contributed by atoms with van der Waals surface area (Å²) in [6, 6.07) is 0.622. The molecule has 19 heavy (non-hydrogen) atoms. The van der Waals surface area contributed by atoms with E-state index in [-0.39, 0.29) is 5.54 Å². The fraction of sp³-hybridized carbons (Fsp3) is 0.867. The summed E-state index contributed by atoms with van der Waals surface area (Å²) in [5.74, 6) is 2.20. The highest BCUT2D eigenvalue weighted by molar-refractivity contribution is 5.05. The van der Waals surface area contributed by atoms with Crippen LogP contribution in [0.3, 0.4) is 0 Å². The van der Waals surface area contributed by atoms with Gasteiger partial charge in [0.2, 0.25) is 0 Å². The number of hydrogen-bond acceptors (Lipinski definition) is 3. The third kappa shape index (κ3) is 2.69. The van der Waals surface area contributed by atoms with Crippen molar-refractivity contribution in [2.75, 3.05) is 0 Å². The van der Waals surface area contributed by atoms with E-state index >= 15 is 0 Å². The first-order chi connectivity index (χ1) is 9.18. The third-order valence-corrected chi connectivity index (χ3v) is 4.99. The van der Waals surface area contributed by atoms with Crippen molar-refractivity contribution < 1.29 is 0 Å². The van der Waals surface area contributed by atoms with E-state index in [0.717, 1.165) is 30.9 Å². The van der Waals surface area contributed by atoms with Crippen LogP contribution in [0.4, 0.5) is 0 Å². The van der Waals surface area contributed by atoms with Crippen LogP contribution in [-0.4, -0.2) is 20.3 Å². The molecule has 0 atom stereocenters. The Balaban J connectivity index is 1.80. The summed E-state index contributed by atoms with van der Waals surface area (Å²) in [7, 11) is 0. The molecule has 0 radical (unpaired) electrons. The standard InChI is InChI=1S/C15H26N4/c1-12-17-18-14(19(12)13-7-3-4-8-13)11-15(16)9-5-2-6-10-15/h13H,2-11,16H2,1H3. The summed E-state index contributed by atoms with van der Waals surface area (Å²) in [5, 5.41) is 8.75. The number of aromatic nitrogens is 3. The van der Waals surface area contributed by atoms with Crippen LogP contribution in [0.15, 0.2) is 0 Å². The summed E-state index contributed by atoms with van der Waals surface area (Å²) in [6.45, 7) is 2.08. The average Bonchev–Trinajstić information content (AvgIpc) is 3.00. The SMILES string of the molecule is Cc1nnc(CC2(N)CCCCC2)n1C1CCCC1. The van der Waals surface area contributed by atoms with Gasteiger partial charge in [0.05, 0.1) is 0 Å². The molecule has 2 aliphatic carbocycles. The molecule has 1 aromatic heterocycles. The molecule has 0 aliphatic heterocycles. The topological polar surface area (TPSA) is 56.7 Å². The molecular formula is C15H26N4. The highest BCUT2D eigenvalue weighted by atomic mass is 15.3. The zero-order valence-corrected chi connectivity index (χ0v) is 12.1. The largest absolute Gasteiger partial charge is 0.325 e. The minimum absolute atomic E-state index is 0.0337. The van der Waals surface area contributed by atoms with E-state index in [2.05, 4.69) is 21.7 Å². The summed E-state index contributed by atoms with van der Waals surface area (Å²) in [5.41, 5.74) is 6.55. The first-order valence-electron chi connectivity index (χ1n) is 7.87. The van der Waals surface area contributed by atoms with Gasteiger partial charge in [-0.25, -0.2) is 0 Å². The second-order valence-corrected chi connectivity index (χ2v) is 6.57. The lowest BCUT2D eigenvalue weighted by Gasteiger charge is -2.33. The van der Waals surface area contributed by atoms with Gasteiger partial charge in [-0.05, 0) is 32.6 Å². The molecule has 4 nitrogen and oxygen atoms in total. The third-order valence-electron chi connectivity index (χ3n) is 4.99. The zero-order chi connectivity index (χ0) is 13.3. The molecule has 2 N–H and O–H groups in total. The van der Waals surface area contributed by atoms with E-state index in [1.54, 1.807) is 0 Å². The fourth-order valence-corrected chi connectivity index (χ4v) is 3.92. The molecule has 0 spiro atoms. The Kier molecular flexibility index (Phi) is 3.61. The van der Waals surface area contributed by atoms with Crippen molar-refractivity contribution in [3.05, 3.63) is 11.6 Å². The van der Waals surface area contributed by atoms with Gasteiger partial charge in [0, 0.05) is 18.0 Å². The van der Waals surface area contributed by atoms with Crippen molar-refractivity contribution in [2.24, 2.45) is 5.73 Å². The fourth-order valence-electron chi connectivity index (χ4n) is 3.92. The predicted molar refractivity (Wildman–Crippen MR) is 76.0 cm³/mol. The van der Waals surface area contributed by atoms with Gasteiger partial charge < -0.3 is 10.3 Å². The quantitative estimate of drug-likeness (QED) is 0.911. The number of rotatable bonds is 3. The average molecular weight is 262 g/mol. The van der Waals surface area contributed by atoms with Crippen LogP contribution >= 0.6 is 0 Å². The maximum absolute atomic E-state index is 6.59. The van der Waals surface area contributed by atoms with Crippen molar-refractivity contribution >= 4 is 0 Å². The monoisotopic (exact) mass is 262 g/mol. The number of aryl methyl sites for hydroxylation is 1. The number of hydrogen-bond donors (Lipinski definition) is 1. The molecule has 4 heteroatoms. The Hall–Kier alpha value is -0.900. The Morgan fingerprint density at radius 2 is 1.79 bits per heavy atom. The van der Waals surface area contributed by atoms with Gasteiger partial charge in [0.15, 0.2) is 0 Å². The van der Waals surface area contributed by atoms with Crippen molar-refractivity contribution in [1.29, 1.82) is 0 Å². The van der Waals surface area contributed by atoms with Crippen LogP contribution in [0.5, 0.6) is 0 Å². The predicted octanol–water partition coefficient (Wildman–Crippen LogP) is 2.91. The molecule has 1 heterocycles. The molecule has 2 saturated carbocycles. The van der Waals surface area contributed by atoms with Gasteiger partial charge >= 0.3 is 0 Å². The highest BCUT2D eigenvalue weighted by Gasteiger charge is 2.31. The van der Waals surface area contributed by atoms with E-state index in [4.69, 9.17) is 5.73 Å². The van der Waals surface area contributed by atoms with Crippen LogP contribution in [0.2, 0.25) is 0 Å². The molecule has 106 valence electrons. The van der Waals surface area contributed by atoms with E-state index in [1.807, 2.05) is 0 Å². The van der Waals surface area contributed by atoms with Gasteiger partial charge in [0.25, 0.3) is 0 Å². The minimum atomic E-state index is -0.0337. The molecular weight excluding hydrogens is 236 g/mol. The Morgan fingerprint density at radius 3 is 2.47 bits per heavy atom. The summed E-state index contributed by atoms with van der Waals surface area (Å²) in [4.78, 5) is 0. The lowest BCUT2D eigenvalue weighted by molar-refractivity contribution is 0.284. The van der Waals surface area contributed by atoms with Gasteiger partial charge in [0.1, 0.15) is 11.6 Å². The molecule has 0 aromatic carbocycles. The molecule has 0 amide bonds. The molecule has 0 saturated heterocycles. The van der Waals surface area contributed by atoms with Crippen LogP contribution in [0.25, 0.3) is 0 Å². The molecule has 2 fully saturated rings. The first-order valence-corrected chi connectivity index (χ1v) is 7.87. The zero-order valence-electron chi connectivity index (χ0n) is 12.1. The van der Waals surface area contributed by atoms with Crippen molar-refractivity contribution in [1.82, 2.24) is 14.8 Å². The first kappa shape index (κ1) is 13.1. The lowest BCUT2D eigenvalue weighted by Crippen LogP contribution is -2.44. The van der Waals surface area contributed by atoms with E-state index in [0.29, 0.717) is 6.04 Å². The Labute approximate surface area is 115 Å². The van der Waals surface area contributed by atoms with Crippen molar-refractivity contribution in [2.45, 2.75) is 82.7 Å². The highest BCUT2D eigenvalue weighted by Crippen LogP contribution is 2.33. The Morgan fingerprint density at radius 1 is 1.11 bits per heavy atom. The molecule has 3 rings (SSSR count). The molecule has 0 bridgehead atoms. The molecule has 1 aromatic rings. The van der Waals surface area contributed by atoms with Crippen LogP contribution in [0.1, 0.15) is 75.5 Å². The lowest BCUT2D eigenvalue weighted by atomic mass is 9.80. The molecule has 0 unspecified atom stereocenters. The van der Waals surface area contributed by atoms with Crippen molar-refractivity contribution in [3.63, 3.8) is 0 Å². The maximum Gasteiger partial charge on any atom is 0.135 e. The second kappa shape index (κ2) is 5.23. The van der Waals surface area contributed by atoms with Crippen molar-refractivity contribution in [3.8, 4) is 0 Å². The maximum atomic E-state index is 6.59. The van der Waals surface area contributed by atoms with E-state index in [1.165, 1.54) is 44.9 Å². The minimum Gasteiger partial charge on any atom is -0.325 e. The van der Waals surface area contributed by atoms with Crippen LogP contribution in [0, 0.1) is 6.92 Å². The van der Waals surface area contributed by atoms with Gasteiger partial charge in [-0.15, -0.1) is 10.2 Å². The summed E-state index contributed by atoms with van der Waals surface area (Å²) >= 11 is 0. The van der Waals surface area contributed by atoms with Gasteiger partial charge in [-0.3, -0.25) is 0 Å². The summed E-state index contributed by atoms with van der Waals surface area (Å²) < 4.78 is 2.39. The van der Waals surface area contributed by atoms with Crippen LogP contribution < -0.4 is 5.73 Å². The van der Waals surface area contributed by atoms with Crippen LogP contribution in [-0.2, 0) is 6.42 Å². The number of nitrogens with two attached hydrogens (primary N) is 1. The van der Waals surface area contributed by atoms with Gasteiger partial charge in [-0.1, -0.05) is 32.1 Å². The summed E-state index contributed by atoms with van der Waals surface area (Å²) in [6.07, 6.45) is 12.3. The number of nitrogens with zero attached hydrogens (tertiary/aromatic N) is 3. The Bertz CT molecular complexity index is 425. The van der Waals surface area contributed by atoms with E-state index in [9.17, 15) is 0 Å².